The molecule has 0 saturated carbocycles. The molecule has 0 aromatic carbocycles. The topological polar surface area (TPSA) is 45.7 Å². The number of hydrogen-bond acceptors (Lipinski definition) is 4. The van der Waals surface area contributed by atoms with Crippen LogP contribution in [0.4, 0.5) is 0 Å². The molecule has 0 spiro atoms. The van der Waals surface area contributed by atoms with E-state index < -0.39 is 0 Å². The van der Waals surface area contributed by atoms with Crippen LogP contribution in [-0.4, -0.2) is 65.6 Å². The lowest BCUT2D eigenvalue weighted by molar-refractivity contribution is -0.146. The molecule has 3 saturated heterocycles. The number of pyridine rings is 1. The van der Waals surface area contributed by atoms with Gasteiger partial charge in [-0.15, -0.1) is 0 Å². The summed E-state index contributed by atoms with van der Waals surface area (Å²) in [6, 6.07) is 6.15. The molecular formula is C19H27N3O2. The Morgan fingerprint density at radius 3 is 2.88 bits per heavy atom. The van der Waals surface area contributed by atoms with Crippen LogP contribution in [0.2, 0.25) is 0 Å². The zero-order chi connectivity index (χ0) is 16.4. The van der Waals surface area contributed by atoms with Gasteiger partial charge in [-0.1, -0.05) is 6.07 Å². The number of nitrogens with zero attached hydrogens (tertiary/aromatic N) is 3. The Kier molecular flexibility index (Phi) is 4.81. The zero-order valence-electron chi connectivity index (χ0n) is 14.3. The molecule has 1 aromatic rings. The van der Waals surface area contributed by atoms with E-state index >= 15 is 0 Å². The summed E-state index contributed by atoms with van der Waals surface area (Å²) in [6.07, 6.45) is 7.34. The van der Waals surface area contributed by atoms with E-state index in [0.717, 1.165) is 44.9 Å². The second-order valence-corrected chi connectivity index (χ2v) is 7.34. The summed E-state index contributed by atoms with van der Waals surface area (Å²) in [5, 5.41) is 0. The van der Waals surface area contributed by atoms with Crippen molar-refractivity contribution >= 4 is 5.91 Å². The summed E-state index contributed by atoms with van der Waals surface area (Å²) in [6.45, 7) is 4.85. The van der Waals surface area contributed by atoms with E-state index in [-0.39, 0.29) is 5.91 Å². The van der Waals surface area contributed by atoms with Gasteiger partial charge in [0, 0.05) is 37.5 Å². The standard InChI is InChI=1S/C19H27N3O2/c23-18(12-16-7-1-2-8-20-16)22-13-15-6-5-11-24-19(15)17(14-22)21-9-3-4-10-21/h1-2,7-8,15,17,19H,3-6,9-14H2/t15-,17+,19-/m0/s1. The number of amides is 1. The van der Waals surface area contributed by atoms with Crippen LogP contribution in [-0.2, 0) is 16.0 Å². The first kappa shape index (κ1) is 16.0. The molecule has 1 amide bonds. The molecule has 3 atom stereocenters. The molecule has 24 heavy (non-hydrogen) atoms. The van der Waals surface area contributed by atoms with Crippen molar-refractivity contribution < 1.29 is 9.53 Å². The van der Waals surface area contributed by atoms with Crippen LogP contribution in [0.5, 0.6) is 0 Å². The monoisotopic (exact) mass is 329 g/mol. The molecule has 3 aliphatic rings. The summed E-state index contributed by atoms with van der Waals surface area (Å²) in [5.41, 5.74) is 0.863. The molecule has 5 nitrogen and oxygen atoms in total. The number of hydrogen-bond donors (Lipinski definition) is 0. The quantitative estimate of drug-likeness (QED) is 0.847. The number of carbonyl (C=O) groups excluding carboxylic acids is 1. The molecule has 3 aliphatic heterocycles. The van der Waals surface area contributed by atoms with Gasteiger partial charge in [0.05, 0.1) is 18.6 Å². The van der Waals surface area contributed by atoms with Crippen molar-refractivity contribution in [1.29, 1.82) is 0 Å². The van der Waals surface area contributed by atoms with Crippen LogP contribution in [0.3, 0.4) is 0 Å². The molecule has 0 unspecified atom stereocenters. The lowest BCUT2D eigenvalue weighted by atomic mass is 9.84. The van der Waals surface area contributed by atoms with Crippen molar-refractivity contribution in [2.45, 2.75) is 44.2 Å². The smallest absolute Gasteiger partial charge is 0.228 e. The van der Waals surface area contributed by atoms with Crippen molar-refractivity contribution in [1.82, 2.24) is 14.8 Å². The minimum atomic E-state index is 0.210. The van der Waals surface area contributed by atoms with E-state index in [4.69, 9.17) is 4.74 Å². The predicted octanol–water partition coefficient (Wildman–Crippen LogP) is 1.73. The SMILES string of the molecule is O=C(Cc1ccccn1)N1C[C@@H]2CCCO[C@@H]2[C@H](N2CCCC2)C1. The second kappa shape index (κ2) is 7.19. The number of likely N-dealkylation sites (tertiary alicyclic amines) is 2. The average Bonchev–Trinajstić information content (AvgIpc) is 3.16. The molecule has 0 bridgehead atoms. The Bertz CT molecular complexity index is 559. The van der Waals surface area contributed by atoms with Crippen molar-refractivity contribution in [3.05, 3.63) is 30.1 Å². The number of rotatable bonds is 3. The van der Waals surface area contributed by atoms with Gasteiger partial charge in [-0.05, 0) is 50.9 Å². The van der Waals surface area contributed by atoms with Crippen LogP contribution in [0.15, 0.2) is 24.4 Å². The molecule has 130 valence electrons. The third-order valence-corrected chi connectivity index (χ3v) is 5.76. The number of piperidine rings is 1. The second-order valence-electron chi connectivity index (χ2n) is 7.34. The number of aromatic nitrogens is 1. The Morgan fingerprint density at radius 1 is 1.21 bits per heavy atom. The van der Waals surface area contributed by atoms with Crippen LogP contribution in [0, 0.1) is 5.92 Å². The molecular weight excluding hydrogens is 302 g/mol. The van der Waals surface area contributed by atoms with E-state index in [1.807, 2.05) is 18.2 Å². The Hall–Kier alpha value is -1.46. The first-order valence-electron chi connectivity index (χ1n) is 9.34. The minimum Gasteiger partial charge on any atom is -0.376 e. The first-order chi connectivity index (χ1) is 11.8. The molecule has 3 fully saturated rings. The Morgan fingerprint density at radius 2 is 2.08 bits per heavy atom. The molecule has 0 N–H and O–H groups in total. The van der Waals surface area contributed by atoms with Gasteiger partial charge in [-0.25, -0.2) is 0 Å². The van der Waals surface area contributed by atoms with Gasteiger partial charge in [0.1, 0.15) is 0 Å². The number of ether oxygens (including phenoxy) is 1. The van der Waals surface area contributed by atoms with Crippen molar-refractivity contribution in [3.63, 3.8) is 0 Å². The summed E-state index contributed by atoms with van der Waals surface area (Å²) in [7, 11) is 0. The average molecular weight is 329 g/mol. The van der Waals surface area contributed by atoms with E-state index in [2.05, 4.69) is 14.8 Å². The predicted molar refractivity (Wildman–Crippen MR) is 91.6 cm³/mol. The first-order valence-corrected chi connectivity index (χ1v) is 9.34. The van der Waals surface area contributed by atoms with Crippen LogP contribution in [0.1, 0.15) is 31.4 Å². The molecule has 4 heterocycles. The van der Waals surface area contributed by atoms with Gasteiger partial charge in [0.15, 0.2) is 0 Å². The van der Waals surface area contributed by atoms with Crippen LogP contribution in [0.25, 0.3) is 0 Å². The van der Waals surface area contributed by atoms with Gasteiger partial charge in [-0.3, -0.25) is 14.7 Å². The number of carbonyl (C=O) groups is 1. The van der Waals surface area contributed by atoms with Crippen molar-refractivity contribution in [2.24, 2.45) is 5.92 Å². The molecule has 1 aromatic heterocycles. The fourth-order valence-corrected chi connectivity index (χ4v) is 4.54. The Labute approximate surface area is 144 Å². The fourth-order valence-electron chi connectivity index (χ4n) is 4.54. The molecule has 0 aliphatic carbocycles. The lowest BCUT2D eigenvalue weighted by Gasteiger charge is -2.48. The highest BCUT2D eigenvalue weighted by atomic mass is 16.5. The molecule has 0 radical (unpaired) electrons. The maximum absolute atomic E-state index is 12.8. The summed E-state index contributed by atoms with van der Waals surface area (Å²) >= 11 is 0. The van der Waals surface area contributed by atoms with E-state index in [1.54, 1.807) is 6.20 Å². The van der Waals surface area contributed by atoms with Gasteiger partial charge < -0.3 is 9.64 Å². The van der Waals surface area contributed by atoms with Crippen molar-refractivity contribution in [2.75, 3.05) is 32.8 Å². The van der Waals surface area contributed by atoms with E-state index in [9.17, 15) is 4.79 Å². The third kappa shape index (κ3) is 3.33. The number of fused-ring (bicyclic) bond motifs is 1. The maximum atomic E-state index is 12.8. The van der Waals surface area contributed by atoms with Gasteiger partial charge >= 0.3 is 0 Å². The lowest BCUT2D eigenvalue weighted by Crippen LogP contribution is -2.61. The van der Waals surface area contributed by atoms with Gasteiger partial charge in [0.2, 0.25) is 5.91 Å². The summed E-state index contributed by atoms with van der Waals surface area (Å²) in [4.78, 5) is 21.8. The highest BCUT2D eigenvalue weighted by Gasteiger charge is 2.43. The molecule has 5 heteroatoms. The van der Waals surface area contributed by atoms with Gasteiger partial charge in [-0.2, -0.15) is 0 Å². The van der Waals surface area contributed by atoms with Crippen molar-refractivity contribution in [3.8, 4) is 0 Å². The van der Waals surface area contributed by atoms with Crippen LogP contribution < -0.4 is 0 Å². The maximum Gasteiger partial charge on any atom is 0.228 e. The fraction of sp³-hybridized carbons (Fsp3) is 0.684. The Balaban J connectivity index is 1.48. The third-order valence-electron chi connectivity index (χ3n) is 5.76. The highest BCUT2D eigenvalue weighted by molar-refractivity contribution is 5.78. The largest absolute Gasteiger partial charge is 0.376 e. The van der Waals surface area contributed by atoms with E-state index in [1.165, 1.54) is 19.3 Å². The minimum absolute atomic E-state index is 0.210. The summed E-state index contributed by atoms with van der Waals surface area (Å²) < 4.78 is 6.16. The van der Waals surface area contributed by atoms with Crippen LogP contribution >= 0.6 is 0 Å². The molecule has 4 rings (SSSR count). The normalized spacial score (nSPS) is 31.0. The zero-order valence-corrected chi connectivity index (χ0v) is 14.3. The van der Waals surface area contributed by atoms with Gasteiger partial charge in [0.25, 0.3) is 0 Å². The summed E-state index contributed by atoms with van der Waals surface area (Å²) in [5.74, 6) is 0.702. The van der Waals surface area contributed by atoms with E-state index in [0.29, 0.717) is 24.5 Å². The highest BCUT2D eigenvalue weighted by Crippen LogP contribution is 2.32.